The van der Waals surface area contributed by atoms with Gasteiger partial charge in [0.15, 0.2) is 6.29 Å². The Balaban J connectivity index is 2.60. The van der Waals surface area contributed by atoms with E-state index in [0.29, 0.717) is 6.29 Å². The van der Waals surface area contributed by atoms with Crippen LogP contribution in [-0.2, 0) is 0 Å². The van der Waals surface area contributed by atoms with E-state index in [1.165, 1.54) is 18.9 Å². The lowest BCUT2D eigenvalue weighted by atomic mass is 10.2. The molecule has 0 bridgehead atoms. The van der Waals surface area contributed by atoms with Gasteiger partial charge in [-0.1, -0.05) is 25.8 Å². The molecule has 0 saturated carbocycles. The van der Waals surface area contributed by atoms with Gasteiger partial charge in [-0.2, -0.15) is 0 Å². The maximum absolute atomic E-state index is 13.2. The smallest absolute Gasteiger partial charge is 0.154 e. The van der Waals surface area contributed by atoms with Crippen molar-refractivity contribution in [2.45, 2.75) is 31.1 Å². The Morgan fingerprint density at radius 3 is 2.87 bits per heavy atom. The maximum Gasteiger partial charge on any atom is 0.154 e. The Morgan fingerprint density at radius 1 is 1.40 bits per heavy atom. The molecular formula is C12H15FOS. The lowest BCUT2D eigenvalue weighted by Gasteiger charge is -2.04. The van der Waals surface area contributed by atoms with Gasteiger partial charge in [0.2, 0.25) is 0 Å². The molecule has 0 saturated heterocycles. The molecule has 1 rings (SSSR count). The average molecular weight is 226 g/mol. The molecule has 0 amide bonds. The van der Waals surface area contributed by atoms with Gasteiger partial charge in [-0.05, 0) is 24.3 Å². The minimum Gasteiger partial charge on any atom is -0.298 e. The number of thioether (sulfide) groups is 1. The van der Waals surface area contributed by atoms with E-state index in [2.05, 4.69) is 6.92 Å². The first-order valence-corrected chi connectivity index (χ1v) is 6.14. The fourth-order valence-corrected chi connectivity index (χ4v) is 2.34. The van der Waals surface area contributed by atoms with Crippen LogP contribution in [0.4, 0.5) is 4.39 Å². The second-order valence-electron chi connectivity index (χ2n) is 3.33. The molecule has 0 aliphatic rings. The van der Waals surface area contributed by atoms with E-state index in [1.807, 2.05) is 0 Å². The number of hydrogen-bond acceptors (Lipinski definition) is 2. The van der Waals surface area contributed by atoms with Crippen LogP contribution < -0.4 is 0 Å². The van der Waals surface area contributed by atoms with Gasteiger partial charge in [-0.15, -0.1) is 11.8 Å². The number of rotatable bonds is 6. The van der Waals surface area contributed by atoms with Gasteiger partial charge in [0, 0.05) is 4.90 Å². The Bertz CT molecular complexity index is 325. The zero-order valence-corrected chi connectivity index (χ0v) is 9.65. The summed E-state index contributed by atoms with van der Waals surface area (Å²) in [5.41, 5.74) is 0.194. The van der Waals surface area contributed by atoms with Crippen LogP contribution in [0.2, 0.25) is 0 Å². The van der Waals surface area contributed by atoms with Crippen LogP contribution in [0.5, 0.6) is 0 Å². The molecule has 0 aliphatic carbocycles. The molecule has 82 valence electrons. The highest BCUT2D eigenvalue weighted by atomic mass is 32.2. The van der Waals surface area contributed by atoms with Crippen molar-refractivity contribution < 1.29 is 9.18 Å². The summed E-state index contributed by atoms with van der Waals surface area (Å²) in [5.74, 6) is 0.517. The fourth-order valence-electron chi connectivity index (χ4n) is 1.29. The van der Waals surface area contributed by atoms with Crippen LogP contribution in [-0.4, -0.2) is 12.0 Å². The maximum atomic E-state index is 13.2. The van der Waals surface area contributed by atoms with E-state index in [4.69, 9.17) is 0 Å². The summed E-state index contributed by atoms with van der Waals surface area (Å²) in [6.07, 6.45) is 4.05. The van der Waals surface area contributed by atoms with E-state index < -0.39 is 5.82 Å². The summed E-state index contributed by atoms with van der Waals surface area (Å²) in [5, 5.41) is 0. The number of hydrogen-bond donors (Lipinski definition) is 0. The van der Waals surface area contributed by atoms with Crippen molar-refractivity contribution in [3.63, 3.8) is 0 Å². The van der Waals surface area contributed by atoms with E-state index in [0.717, 1.165) is 17.1 Å². The quantitative estimate of drug-likeness (QED) is 0.415. The molecule has 0 heterocycles. The number of unbranched alkanes of at least 4 members (excludes halogenated alkanes) is 2. The monoisotopic (exact) mass is 226 g/mol. The first-order chi connectivity index (χ1) is 7.29. The second kappa shape index (κ2) is 6.62. The van der Waals surface area contributed by atoms with Gasteiger partial charge >= 0.3 is 0 Å². The molecule has 15 heavy (non-hydrogen) atoms. The molecular weight excluding hydrogens is 211 g/mol. The summed E-state index contributed by atoms with van der Waals surface area (Å²) in [4.78, 5) is 11.4. The normalized spacial score (nSPS) is 10.3. The molecule has 0 spiro atoms. The van der Waals surface area contributed by atoms with Crippen LogP contribution >= 0.6 is 11.8 Å². The largest absolute Gasteiger partial charge is 0.298 e. The molecule has 0 unspecified atom stereocenters. The standard InChI is InChI=1S/C12H15FOS/c1-2-3-4-8-15-12-7-5-6-11(13)10(12)9-14/h5-7,9H,2-4,8H2,1H3. The van der Waals surface area contributed by atoms with Crippen LogP contribution in [0.15, 0.2) is 23.1 Å². The average Bonchev–Trinajstić information content (AvgIpc) is 2.24. The fraction of sp³-hybridized carbons (Fsp3) is 0.417. The molecule has 1 nitrogen and oxygen atoms in total. The highest BCUT2D eigenvalue weighted by molar-refractivity contribution is 7.99. The molecule has 0 fully saturated rings. The van der Waals surface area contributed by atoms with Gasteiger partial charge in [0.1, 0.15) is 5.82 Å². The first kappa shape index (κ1) is 12.2. The number of aldehydes is 1. The molecule has 0 aliphatic heterocycles. The number of benzene rings is 1. The summed E-state index contributed by atoms with van der Waals surface area (Å²) in [6, 6.07) is 4.76. The molecule has 0 aromatic heterocycles. The van der Waals surface area contributed by atoms with Gasteiger partial charge in [-0.25, -0.2) is 4.39 Å². The predicted molar refractivity (Wildman–Crippen MR) is 62.0 cm³/mol. The highest BCUT2D eigenvalue weighted by Crippen LogP contribution is 2.24. The Hall–Kier alpha value is -0.830. The predicted octanol–water partition coefficient (Wildman–Crippen LogP) is 3.92. The van der Waals surface area contributed by atoms with E-state index in [-0.39, 0.29) is 5.56 Å². The molecule has 1 aromatic rings. The Labute approximate surface area is 94.1 Å². The van der Waals surface area contributed by atoms with E-state index >= 15 is 0 Å². The van der Waals surface area contributed by atoms with Gasteiger partial charge in [0.25, 0.3) is 0 Å². The number of carbonyl (C=O) groups is 1. The van der Waals surface area contributed by atoms with Crippen molar-refractivity contribution >= 4 is 18.0 Å². The summed E-state index contributed by atoms with van der Waals surface area (Å²) in [7, 11) is 0. The van der Waals surface area contributed by atoms with Crippen molar-refractivity contribution in [2.24, 2.45) is 0 Å². The van der Waals surface area contributed by atoms with Crippen molar-refractivity contribution in [2.75, 3.05) is 5.75 Å². The third-order valence-electron chi connectivity index (χ3n) is 2.14. The van der Waals surface area contributed by atoms with Crippen molar-refractivity contribution in [1.29, 1.82) is 0 Å². The zero-order valence-electron chi connectivity index (χ0n) is 8.83. The molecule has 0 atom stereocenters. The number of carbonyl (C=O) groups excluding carboxylic acids is 1. The summed E-state index contributed by atoms with van der Waals surface area (Å²) in [6.45, 7) is 2.14. The Morgan fingerprint density at radius 2 is 2.20 bits per heavy atom. The van der Waals surface area contributed by atoms with Crippen LogP contribution in [0.3, 0.4) is 0 Å². The van der Waals surface area contributed by atoms with Crippen molar-refractivity contribution in [1.82, 2.24) is 0 Å². The minimum atomic E-state index is -0.425. The van der Waals surface area contributed by atoms with Gasteiger partial charge in [-0.3, -0.25) is 4.79 Å². The van der Waals surface area contributed by atoms with E-state index in [1.54, 1.807) is 23.9 Å². The van der Waals surface area contributed by atoms with Crippen LogP contribution in [0.1, 0.15) is 36.5 Å². The highest BCUT2D eigenvalue weighted by Gasteiger charge is 2.06. The first-order valence-electron chi connectivity index (χ1n) is 5.16. The summed E-state index contributed by atoms with van der Waals surface area (Å²) < 4.78 is 13.2. The SMILES string of the molecule is CCCCCSc1cccc(F)c1C=O. The van der Waals surface area contributed by atoms with Gasteiger partial charge in [0.05, 0.1) is 5.56 Å². The van der Waals surface area contributed by atoms with Crippen LogP contribution in [0, 0.1) is 5.82 Å². The third kappa shape index (κ3) is 3.67. The zero-order chi connectivity index (χ0) is 11.1. The lowest BCUT2D eigenvalue weighted by Crippen LogP contribution is -1.91. The van der Waals surface area contributed by atoms with Crippen molar-refractivity contribution in [3.8, 4) is 0 Å². The van der Waals surface area contributed by atoms with Gasteiger partial charge < -0.3 is 0 Å². The van der Waals surface area contributed by atoms with Crippen molar-refractivity contribution in [3.05, 3.63) is 29.6 Å². The molecule has 3 heteroatoms. The second-order valence-corrected chi connectivity index (χ2v) is 4.46. The lowest BCUT2D eigenvalue weighted by molar-refractivity contribution is 0.111. The minimum absolute atomic E-state index is 0.194. The number of halogens is 1. The molecule has 0 radical (unpaired) electrons. The molecule has 1 aromatic carbocycles. The summed E-state index contributed by atoms with van der Waals surface area (Å²) >= 11 is 1.55. The third-order valence-corrected chi connectivity index (χ3v) is 3.30. The van der Waals surface area contributed by atoms with E-state index in [9.17, 15) is 9.18 Å². The molecule has 0 N–H and O–H groups in total. The Kier molecular flexibility index (Phi) is 5.40. The topological polar surface area (TPSA) is 17.1 Å². The van der Waals surface area contributed by atoms with Crippen LogP contribution in [0.25, 0.3) is 0 Å².